The molecular weight excluding hydrogens is 284 g/mol. The van der Waals surface area contributed by atoms with E-state index in [0.29, 0.717) is 0 Å². The first-order valence-corrected chi connectivity index (χ1v) is 7.42. The van der Waals surface area contributed by atoms with Crippen molar-refractivity contribution in [1.82, 2.24) is 9.78 Å². The van der Waals surface area contributed by atoms with Crippen molar-refractivity contribution in [3.05, 3.63) is 40.2 Å². The highest BCUT2D eigenvalue weighted by Crippen LogP contribution is 2.30. The zero-order chi connectivity index (χ0) is 15.7. The molecular formula is C16H23ClN4. The van der Waals surface area contributed by atoms with Crippen LogP contribution in [0.4, 0.5) is 11.4 Å². The highest BCUT2D eigenvalue weighted by atomic mass is 35.5. The number of hydrogen-bond acceptors (Lipinski definition) is 3. The molecule has 4 nitrogen and oxygen atoms in total. The Bertz CT molecular complexity index is 646. The normalized spacial score (nSPS) is 12.3. The molecule has 5 heteroatoms. The van der Waals surface area contributed by atoms with Crippen molar-refractivity contribution < 1.29 is 0 Å². The fraction of sp³-hybridized carbons (Fsp3) is 0.438. The zero-order valence-electron chi connectivity index (χ0n) is 13.5. The van der Waals surface area contributed by atoms with Crippen LogP contribution in [0.5, 0.6) is 0 Å². The molecule has 1 N–H and O–H groups in total. The summed E-state index contributed by atoms with van der Waals surface area (Å²) in [4.78, 5) is 2.00. The second-order valence-electron chi connectivity index (χ2n) is 5.63. The fourth-order valence-electron chi connectivity index (χ4n) is 2.70. The standard InChI is InChI=1S/C16H23ClN4/c1-10(16-11(2)19-21(6)12(16)3)18-13-7-8-15(20(4)5)14(17)9-13/h7-10,18H,1-6H3. The van der Waals surface area contributed by atoms with Crippen molar-refractivity contribution in [2.75, 3.05) is 24.3 Å². The molecule has 0 saturated carbocycles. The third kappa shape index (κ3) is 3.16. The summed E-state index contributed by atoms with van der Waals surface area (Å²) < 4.78 is 1.92. The van der Waals surface area contributed by atoms with Gasteiger partial charge in [-0.05, 0) is 39.0 Å². The van der Waals surface area contributed by atoms with E-state index in [1.54, 1.807) is 0 Å². The van der Waals surface area contributed by atoms with Crippen molar-refractivity contribution in [2.45, 2.75) is 26.8 Å². The molecule has 0 aliphatic carbocycles. The van der Waals surface area contributed by atoms with Crippen LogP contribution in [0, 0.1) is 13.8 Å². The molecule has 0 amide bonds. The fourth-order valence-corrected chi connectivity index (χ4v) is 3.05. The molecule has 1 unspecified atom stereocenters. The van der Waals surface area contributed by atoms with E-state index in [0.717, 1.165) is 22.1 Å². The molecule has 1 atom stereocenters. The Balaban J connectivity index is 2.24. The number of aromatic nitrogens is 2. The molecule has 0 radical (unpaired) electrons. The highest BCUT2D eigenvalue weighted by Gasteiger charge is 2.16. The molecule has 1 aromatic heterocycles. The van der Waals surface area contributed by atoms with Crippen molar-refractivity contribution in [2.24, 2.45) is 7.05 Å². The quantitative estimate of drug-likeness (QED) is 0.929. The summed E-state index contributed by atoms with van der Waals surface area (Å²) in [5.41, 5.74) is 5.52. The van der Waals surface area contributed by atoms with Crippen molar-refractivity contribution in [3.63, 3.8) is 0 Å². The summed E-state index contributed by atoms with van der Waals surface area (Å²) in [5.74, 6) is 0. The Labute approximate surface area is 131 Å². The van der Waals surface area contributed by atoms with E-state index in [9.17, 15) is 0 Å². The van der Waals surface area contributed by atoms with Crippen LogP contribution in [0.15, 0.2) is 18.2 Å². The predicted octanol–water partition coefficient (Wildman–Crippen LogP) is 3.93. The first-order valence-electron chi connectivity index (χ1n) is 7.04. The molecule has 114 valence electrons. The van der Waals surface area contributed by atoms with Gasteiger partial charge in [0.1, 0.15) is 0 Å². The number of hydrogen-bond donors (Lipinski definition) is 1. The van der Waals surface area contributed by atoms with Gasteiger partial charge in [-0.25, -0.2) is 0 Å². The Kier molecular flexibility index (Phi) is 4.47. The van der Waals surface area contributed by atoms with Crippen LogP contribution in [0.1, 0.15) is 29.9 Å². The molecule has 0 fully saturated rings. The van der Waals surface area contributed by atoms with Gasteiger partial charge in [0.15, 0.2) is 0 Å². The lowest BCUT2D eigenvalue weighted by atomic mass is 10.1. The minimum absolute atomic E-state index is 0.181. The molecule has 0 aliphatic rings. The highest BCUT2D eigenvalue weighted by molar-refractivity contribution is 6.33. The number of nitrogens with one attached hydrogen (secondary N) is 1. The minimum Gasteiger partial charge on any atom is -0.378 e. The number of benzene rings is 1. The van der Waals surface area contributed by atoms with Gasteiger partial charge in [0.05, 0.1) is 22.4 Å². The summed E-state index contributed by atoms with van der Waals surface area (Å²) in [7, 11) is 5.94. The number of anilines is 2. The van der Waals surface area contributed by atoms with Crippen LogP contribution < -0.4 is 10.2 Å². The largest absolute Gasteiger partial charge is 0.378 e. The summed E-state index contributed by atoms with van der Waals surface area (Å²) in [5, 5.41) is 8.72. The van der Waals surface area contributed by atoms with Gasteiger partial charge in [-0.2, -0.15) is 5.10 Å². The van der Waals surface area contributed by atoms with E-state index in [-0.39, 0.29) is 6.04 Å². The molecule has 1 aromatic carbocycles. The number of nitrogens with zero attached hydrogens (tertiary/aromatic N) is 3. The average Bonchev–Trinajstić information content (AvgIpc) is 2.62. The van der Waals surface area contributed by atoms with Crippen LogP contribution in [-0.4, -0.2) is 23.9 Å². The maximum atomic E-state index is 6.32. The van der Waals surface area contributed by atoms with Gasteiger partial charge < -0.3 is 10.2 Å². The molecule has 0 bridgehead atoms. The molecule has 21 heavy (non-hydrogen) atoms. The van der Waals surface area contributed by atoms with Crippen molar-refractivity contribution in [1.29, 1.82) is 0 Å². The van der Waals surface area contributed by atoms with E-state index in [4.69, 9.17) is 11.6 Å². The maximum absolute atomic E-state index is 6.32. The topological polar surface area (TPSA) is 33.1 Å². The van der Waals surface area contributed by atoms with Gasteiger partial charge in [-0.15, -0.1) is 0 Å². The smallest absolute Gasteiger partial charge is 0.0659 e. The lowest BCUT2D eigenvalue weighted by Crippen LogP contribution is -2.11. The minimum atomic E-state index is 0.181. The van der Waals surface area contributed by atoms with E-state index in [2.05, 4.69) is 30.3 Å². The summed E-state index contributed by atoms with van der Waals surface area (Å²) in [6.45, 7) is 6.28. The first kappa shape index (κ1) is 15.7. The molecule has 2 aromatic rings. The third-order valence-electron chi connectivity index (χ3n) is 3.81. The van der Waals surface area contributed by atoms with Crippen LogP contribution in [0.25, 0.3) is 0 Å². The third-order valence-corrected chi connectivity index (χ3v) is 4.11. The Hall–Kier alpha value is -1.68. The van der Waals surface area contributed by atoms with E-state index in [1.807, 2.05) is 49.8 Å². The molecule has 2 rings (SSSR count). The van der Waals surface area contributed by atoms with Gasteiger partial charge in [0.25, 0.3) is 0 Å². The van der Waals surface area contributed by atoms with Crippen LogP contribution in [-0.2, 0) is 7.05 Å². The molecule has 0 saturated heterocycles. The van der Waals surface area contributed by atoms with E-state index >= 15 is 0 Å². The second-order valence-corrected chi connectivity index (χ2v) is 6.04. The first-order chi connectivity index (χ1) is 9.81. The number of rotatable bonds is 4. The summed E-state index contributed by atoms with van der Waals surface area (Å²) >= 11 is 6.32. The SMILES string of the molecule is Cc1nn(C)c(C)c1C(C)Nc1ccc(N(C)C)c(Cl)c1. The Morgan fingerprint density at radius 2 is 1.95 bits per heavy atom. The number of aryl methyl sites for hydroxylation is 2. The Morgan fingerprint density at radius 3 is 2.43 bits per heavy atom. The zero-order valence-corrected chi connectivity index (χ0v) is 14.3. The van der Waals surface area contributed by atoms with Gasteiger partial charge in [0.2, 0.25) is 0 Å². The van der Waals surface area contributed by atoms with Crippen molar-refractivity contribution >= 4 is 23.0 Å². The average molecular weight is 307 g/mol. The van der Waals surface area contributed by atoms with Crippen LogP contribution >= 0.6 is 11.6 Å². The number of halogens is 1. The van der Waals surface area contributed by atoms with Gasteiger partial charge >= 0.3 is 0 Å². The summed E-state index contributed by atoms with van der Waals surface area (Å²) in [6.07, 6.45) is 0. The second kappa shape index (κ2) is 5.98. The van der Waals surface area contributed by atoms with Crippen molar-refractivity contribution in [3.8, 4) is 0 Å². The monoisotopic (exact) mass is 306 g/mol. The Morgan fingerprint density at radius 1 is 1.29 bits per heavy atom. The lowest BCUT2D eigenvalue weighted by molar-refractivity contribution is 0.728. The summed E-state index contributed by atoms with van der Waals surface area (Å²) in [6, 6.07) is 6.23. The molecule has 0 spiro atoms. The van der Waals surface area contributed by atoms with Crippen LogP contribution in [0.2, 0.25) is 5.02 Å². The van der Waals surface area contributed by atoms with Gasteiger partial charge in [0, 0.05) is 38.1 Å². The van der Waals surface area contributed by atoms with E-state index in [1.165, 1.54) is 11.3 Å². The molecule has 0 aliphatic heterocycles. The van der Waals surface area contributed by atoms with Crippen LogP contribution in [0.3, 0.4) is 0 Å². The van der Waals surface area contributed by atoms with E-state index < -0.39 is 0 Å². The van der Waals surface area contributed by atoms with Gasteiger partial charge in [-0.3, -0.25) is 4.68 Å². The predicted molar refractivity (Wildman–Crippen MR) is 90.5 cm³/mol. The van der Waals surface area contributed by atoms with Gasteiger partial charge in [-0.1, -0.05) is 11.6 Å². The maximum Gasteiger partial charge on any atom is 0.0659 e. The molecule has 1 heterocycles. The lowest BCUT2D eigenvalue weighted by Gasteiger charge is -2.19.